The number of allylic oxidation sites excluding steroid dienone is 4. The zero-order chi connectivity index (χ0) is 35.8. The molecule has 0 radical (unpaired) electrons. The van der Waals surface area contributed by atoms with E-state index in [9.17, 15) is 5.26 Å². The quantitative estimate of drug-likeness (QED) is 0.171. The van der Waals surface area contributed by atoms with Gasteiger partial charge >= 0.3 is 0 Å². The third kappa shape index (κ3) is 4.34. The minimum Gasteiger partial charge on any atom is -0.192 e. The molecule has 0 saturated carbocycles. The van der Waals surface area contributed by atoms with Crippen molar-refractivity contribution in [2.24, 2.45) is 0 Å². The Balaban J connectivity index is 1.27. The van der Waals surface area contributed by atoms with Gasteiger partial charge < -0.3 is 0 Å². The van der Waals surface area contributed by atoms with E-state index in [1.165, 1.54) is 93.2 Å². The molecule has 0 amide bonds. The fourth-order valence-electron chi connectivity index (χ4n) is 9.61. The van der Waals surface area contributed by atoms with Crippen LogP contribution in [0.25, 0.3) is 60.5 Å². The average molecular weight is 704 g/mol. The van der Waals surface area contributed by atoms with Gasteiger partial charge in [0.1, 0.15) is 6.07 Å². The summed E-state index contributed by atoms with van der Waals surface area (Å²) in [6.07, 6.45) is 8.84. The van der Waals surface area contributed by atoms with Crippen LogP contribution < -0.4 is 0 Å². The van der Waals surface area contributed by atoms with Gasteiger partial charge in [0.05, 0.1) is 11.0 Å². The monoisotopic (exact) mass is 703 g/mol. The van der Waals surface area contributed by atoms with Crippen LogP contribution in [0.5, 0.6) is 0 Å². The molecule has 0 saturated heterocycles. The summed E-state index contributed by atoms with van der Waals surface area (Å²) in [4.78, 5) is 2.25. The van der Waals surface area contributed by atoms with Gasteiger partial charge in [0.15, 0.2) is 0 Å². The lowest BCUT2D eigenvalue weighted by molar-refractivity contribution is 0.721. The molecule has 2 heteroatoms. The summed E-state index contributed by atoms with van der Waals surface area (Å²) < 4.78 is 0. The number of fused-ring (bicyclic) bond motifs is 11. The zero-order valence-electron chi connectivity index (χ0n) is 29.5. The maximum atomic E-state index is 10.4. The van der Waals surface area contributed by atoms with Crippen LogP contribution in [-0.2, 0) is 5.41 Å². The van der Waals surface area contributed by atoms with Gasteiger partial charge in [-0.25, -0.2) is 0 Å². The number of rotatable bonds is 3. The lowest BCUT2D eigenvalue weighted by Gasteiger charge is -2.40. The molecule has 11 rings (SSSR count). The van der Waals surface area contributed by atoms with Crippen molar-refractivity contribution in [1.29, 1.82) is 5.26 Å². The predicted octanol–water partition coefficient (Wildman–Crippen LogP) is 13.8. The second-order valence-electron chi connectivity index (χ2n) is 14.5. The molecule has 1 spiro atoms. The normalized spacial score (nSPS) is 16.4. The highest BCUT2D eigenvalue weighted by atomic mass is 32.2. The fraction of sp³-hybridized carbons (Fsp3) is 0.0577. The fourth-order valence-corrected chi connectivity index (χ4v) is 10.9. The number of benzene rings is 8. The topological polar surface area (TPSA) is 23.8 Å². The first-order valence-corrected chi connectivity index (χ1v) is 19.5. The molecular formula is C52H33NS. The molecule has 1 nitrogen and oxygen atoms in total. The second-order valence-corrected chi connectivity index (χ2v) is 15.6. The molecule has 1 atom stereocenters. The first-order chi connectivity index (χ1) is 26.8. The standard InChI is InChI=1S/C52H33NS/c53-32-37-18-13-24-46-51(37)54-48-25-12-11-23-45(48)52(46)44-22-10-9-19-38(44)39-28-27-36(31-47(39)52)50-41-21-8-7-20-40(41)49(34-16-5-2-6-17-34)42-29-26-35(30-43(42)50)33-14-3-1-4-15-33/h1-3,5-14,16-31H,4,15H2. The van der Waals surface area contributed by atoms with E-state index < -0.39 is 5.41 Å². The molecule has 0 N–H and O–H groups in total. The van der Waals surface area contributed by atoms with Crippen LogP contribution in [0.1, 0.15) is 46.2 Å². The first-order valence-electron chi connectivity index (χ1n) is 18.7. The summed E-state index contributed by atoms with van der Waals surface area (Å²) in [5.41, 5.74) is 15.3. The highest BCUT2D eigenvalue weighted by Crippen LogP contribution is 2.63. The van der Waals surface area contributed by atoms with Crippen LogP contribution in [0.15, 0.2) is 186 Å². The van der Waals surface area contributed by atoms with E-state index in [1.54, 1.807) is 11.8 Å². The minimum absolute atomic E-state index is 0.577. The Morgan fingerprint density at radius 1 is 0.519 bits per heavy atom. The van der Waals surface area contributed by atoms with E-state index in [0.717, 1.165) is 23.3 Å². The van der Waals surface area contributed by atoms with Crippen molar-refractivity contribution in [2.75, 3.05) is 0 Å². The summed E-state index contributed by atoms with van der Waals surface area (Å²) in [6, 6.07) is 60.7. The largest absolute Gasteiger partial charge is 0.192 e. The van der Waals surface area contributed by atoms with Gasteiger partial charge in [-0.2, -0.15) is 5.26 Å². The lowest BCUT2D eigenvalue weighted by Crippen LogP contribution is -2.32. The zero-order valence-corrected chi connectivity index (χ0v) is 30.3. The average Bonchev–Trinajstić information content (AvgIpc) is 3.53. The Labute approximate surface area is 319 Å². The molecule has 54 heavy (non-hydrogen) atoms. The second kappa shape index (κ2) is 12.1. The number of hydrogen-bond acceptors (Lipinski definition) is 2. The van der Waals surface area contributed by atoms with Crippen molar-refractivity contribution < 1.29 is 0 Å². The van der Waals surface area contributed by atoms with E-state index in [0.29, 0.717) is 0 Å². The molecular weight excluding hydrogens is 671 g/mol. The molecule has 8 aromatic carbocycles. The maximum absolute atomic E-state index is 10.4. The van der Waals surface area contributed by atoms with Crippen LogP contribution in [-0.4, -0.2) is 0 Å². The predicted molar refractivity (Wildman–Crippen MR) is 225 cm³/mol. The Morgan fingerprint density at radius 3 is 2.02 bits per heavy atom. The Bertz CT molecular complexity index is 2980. The highest BCUT2D eigenvalue weighted by molar-refractivity contribution is 7.99. The maximum Gasteiger partial charge on any atom is 0.100 e. The van der Waals surface area contributed by atoms with Gasteiger partial charge in [-0.15, -0.1) is 0 Å². The van der Waals surface area contributed by atoms with Gasteiger partial charge in [-0.05, 0) is 125 Å². The van der Waals surface area contributed by atoms with Gasteiger partial charge in [0, 0.05) is 9.79 Å². The van der Waals surface area contributed by atoms with E-state index in [4.69, 9.17) is 0 Å². The Hall–Kier alpha value is -6.40. The minimum atomic E-state index is -0.577. The SMILES string of the molecule is N#Cc1cccc2c1Sc1ccccc1C21c2ccccc2-c2ccc(-c3c4ccccc4c(-c4ccccc4)c4ccc(C5=CC=CCC5)cc34)cc21. The molecule has 0 fully saturated rings. The molecule has 3 aliphatic rings. The van der Waals surface area contributed by atoms with Crippen LogP contribution in [0.3, 0.4) is 0 Å². The van der Waals surface area contributed by atoms with Crippen molar-refractivity contribution in [1.82, 2.24) is 0 Å². The summed E-state index contributed by atoms with van der Waals surface area (Å²) in [5.74, 6) is 0. The number of nitriles is 1. The summed E-state index contributed by atoms with van der Waals surface area (Å²) in [5, 5.41) is 15.4. The third-order valence-corrected chi connectivity index (χ3v) is 13.1. The highest BCUT2D eigenvalue weighted by Gasteiger charge is 2.50. The summed E-state index contributed by atoms with van der Waals surface area (Å²) in [7, 11) is 0. The molecule has 1 heterocycles. The number of nitrogens with zero attached hydrogens (tertiary/aromatic N) is 1. The molecule has 2 aliphatic carbocycles. The smallest absolute Gasteiger partial charge is 0.100 e. The van der Waals surface area contributed by atoms with Crippen molar-refractivity contribution in [3.63, 3.8) is 0 Å². The van der Waals surface area contributed by atoms with Gasteiger partial charge in [0.25, 0.3) is 0 Å². The molecule has 8 aromatic rings. The summed E-state index contributed by atoms with van der Waals surface area (Å²) in [6.45, 7) is 0. The molecule has 252 valence electrons. The Kier molecular flexibility index (Phi) is 6.96. The van der Waals surface area contributed by atoms with Crippen LogP contribution in [0.4, 0.5) is 0 Å². The Morgan fingerprint density at radius 2 is 1.20 bits per heavy atom. The number of hydrogen-bond donors (Lipinski definition) is 0. The van der Waals surface area contributed by atoms with Gasteiger partial charge in [0.2, 0.25) is 0 Å². The van der Waals surface area contributed by atoms with Crippen LogP contribution in [0, 0.1) is 11.3 Å². The molecule has 1 unspecified atom stereocenters. The van der Waals surface area contributed by atoms with Gasteiger partial charge in [-0.1, -0.05) is 163 Å². The van der Waals surface area contributed by atoms with E-state index >= 15 is 0 Å². The van der Waals surface area contributed by atoms with Crippen LogP contribution in [0.2, 0.25) is 0 Å². The van der Waals surface area contributed by atoms with Crippen molar-refractivity contribution in [3.8, 4) is 39.4 Å². The molecule has 0 bridgehead atoms. The lowest BCUT2D eigenvalue weighted by atomic mass is 9.66. The van der Waals surface area contributed by atoms with E-state index in [1.807, 2.05) is 6.07 Å². The van der Waals surface area contributed by atoms with Crippen molar-refractivity contribution >= 4 is 38.9 Å². The van der Waals surface area contributed by atoms with Crippen LogP contribution >= 0.6 is 11.8 Å². The van der Waals surface area contributed by atoms with E-state index in [-0.39, 0.29) is 0 Å². The van der Waals surface area contributed by atoms with E-state index in [2.05, 4.69) is 176 Å². The van der Waals surface area contributed by atoms with Crippen molar-refractivity contribution in [3.05, 3.63) is 209 Å². The van der Waals surface area contributed by atoms with Gasteiger partial charge in [-0.3, -0.25) is 0 Å². The summed E-state index contributed by atoms with van der Waals surface area (Å²) >= 11 is 1.73. The third-order valence-electron chi connectivity index (χ3n) is 11.8. The molecule has 1 aliphatic heterocycles. The first kappa shape index (κ1) is 31.2. The molecule has 0 aromatic heterocycles. The van der Waals surface area contributed by atoms with Crippen molar-refractivity contribution in [2.45, 2.75) is 28.0 Å².